The van der Waals surface area contributed by atoms with Crippen molar-refractivity contribution in [2.75, 3.05) is 11.9 Å². The number of hydrogen-bond acceptors (Lipinski definition) is 4. The molecule has 1 heterocycles. The first-order valence-corrected chi connectivity index (χ1v) is 5.43. The van der Waals surface area contributed by atoms with Gasteiger partial charge in [-0.1, -0.05) is 23.4 Å². The number of hydrogen-bond donors (Lipinski definition) is 1. The highest BCUT2D eigenvalue weighted by Crippen LogP contribution is 2.05. The number of nitrogens with one attached hydrogen (secondary N) is 1. The third kappa shape index (κ3) is 3.08. The first kappa shape index (κ1) is 10.7. The summed E-state index contributed by atoms with van der Waals surface area (Å²) in [4.78, 5) is 4.15. The fraction of sp³-hybridized carbons (Fsp3) is 0.333. The van der Waals surface area contributed by atoms with Gasteiger partial charge in [-0.3, -0.25) is 0 Å². The second kappa shape index (κ2) is 5.30. The molecule has 1 aromatic carbocycles. The molecule has 16 heavy (non-hydrogen) atoms. The highest BCUT2D eigenvalue weighted by Gasteiger charge is 2.01. The van der Waals surface area contributed by atoms with Crippen LogP contribution in [0.4, 0.5) is 5.69 Å². The predicted molar refractivity (Wildman–Crippen MR) is 62.3 cm³/mol. The fourth-order valence-corrected chi connectivity index (χ4v) is 1.47. The summed E-state index contributed by atoms with van der Waals surface area (Å²) in [6.07, 6.45) is 1.80. The molecule has 0 fully saturated rings. The van der Waals surface area contributed by atoms with Crippen LogP contribution in [-0.2, 0) is 6.42 Å². The van der Waals surface area contributed by atoms with Crippen LogP contribution in [0.1, 0.15) is 18.1 Å². The smallest absolute Gasteiger partial charge is 0.226 e. The van der Waals surface area contributed by atoms with E-state index in [-0.39, 0.29) is 0 Å². The normalized spacial score (nSPS) is 10.3. The van der Waals surface area contributed by atoms with Crippen LogP contribution in [0.3, 0.4) is 0 Å². The van der Waals surface area contributed by atoms with E-state index >= 15 is 0 Å². The van der Waals surface area contributed by atoms with Gasteiger partial charge in [-0.05, 0) is 25.5 Å². The molecule has 0 aliphatic heterocycles. The van der Waals surface area contributed by atoms with Gasteiger partial charge in [-0.25, -0.2) is 0 Å². The van der Waals surface area contributed by atoms with Crippen LogP contribution < -0.4 is 5.32 Å². The molecule has 0 spiro atoms. The summed E-state index contributed by atoms with van der Waals surface area (Å²) >= 11 is 0. The molecule has 0 unspecified atom stereocenters. The van der Waals surface area contributed by atoms with Crippen molar-refractivity contribution < 1.29 is 4.52 Å². The molecule has 4 nitrogen and oxygen atoms in total. The number of anilines is 1. The SMILES string of the molecule is Cc1noc(CCCNc2ccccc2)n1. The van der Waals surface area contributed by atoms with Crippen LogP contribution >= 0.6 is 0 Å². The highest BCUT2D eigenvalue weighted by molar-refractivity contribution is 5.42. The Balaban J connectivity index is 1.69. The molecule has 2 rings (SSSR count). The van der Waals surface area contributed by atoms with Gasteiger partial charge in [0, 0.05) is 18.7 Å². The molecule has 0 atom stereocenters. The zero-order valence-electron chi connectivity index (χ0n) is 9.31. The lowest BCUT2D eigenvalue weighted by molar-refractivity contribution is 0.373. The Kier molecular flexibility index (Phi) is 3.53. The molecule has 1 aromatic heterocycles. The first-order chi connectivity index (χ1) is 7.84. The summed E-state index contributed by atoms with van der Waals surface area (Å²) in [6, 6.07) is 10.1. The van der Waals surface area contributed by atoms with E-state index in [1.807, 2.05) is 25.1 Å². The van der Waals surface area contributed by atoms with E-state index in [9.17, 15) is 0 Å². The van der Waals surface area contributed by atoms with Crippen LogP contribution in [0.2, 0.25) is 0 Å². The Hall–Kier alpha value is -1.84. The Morgan fingerprint density at radius 2 is 2.06 bits per heavy atom. The lowest BCUT2D eigenvalue weighted by Crippen LogP contribution is -2.02. The zero-order valence-corrected chi connectivity index (χ0v) is 9.31. The zero-order chi connectivity index (χ0) is 11.2. The number of benzene rings is 1. The number of aromatic nitrogens is 2. The summed E-state index contributed by atoms with van der Waals surface area (Å²) in [6.45, 7) is 2.74. The van der Waals surface area contributed by atoms with Crippen LogP contribution in [0.15, 0.2) is 34.9 Å². The topological polar surface area (TPSA) is 51.0 Å². The maximum Gasteiger partial charge on any atom is 0.226 e. The summed E-state index contributed by atoms with van der Waals surface area (Å²) < 4.78 is 5.03. The van der Waals surface area contributed by atoms with E-state index < -0.39 is 0 Å². The molecule has 0 saturated heterocycles. The molecule has 0 aliphatic carbocycles. The molecule has 84 valence electrons. The lowest BCUT2D eigenvalue weighted by Gasteiger charge is -2.03. The van der Waals surface area contributed by atoms with Gasteiger partial charge in [0.2, 0.25) is 5.89 Å². The number of para-hydroxylation sites is 1. The Bertz CT molecular complexity index is 425. The van der Waals surface area contributed by atoms with E-state index in [0.29, 0.717) is 11.7 Å². The van der Waals surface area contributed by atoms with E-state index in [2.05, 4.69) is 27.6 Å². The van der Waals surface area contributed by atoms with Crippen molar-refractivity contribution in [2.24, 2.45) is 0 Å². The summed E-state index contributed by atoms with van der Waals surface area (Å²) in [5, 5.41) is 7.08. The van der Waals surface area contributed by atoms with Crippen LogP contribution in [0.25, 0.3) is 0 Å². The number of rotatable bonds is 5. The molecule has 0 amide bonds. The molecule has 0 aliphatic rings. The van der Waals surface area contributed by atoms with Crippen molar-refractivity contribution in [3.63, 3.8) is 0 Å². The lowest BCUT2D eigenvalue weighted by atomic mass is 10.3. The van der Waals surface area contributed by atoms with Crippen molar-refractivity contribution in [3.8, 4) is 0 Å². The standard InChI is InChI=1S/C12H15N3O/c1-10-14-12(16-15-10)8-5-9-13-11-6-3-2-4-7-11/h2-4,6-7,13H,5,8-9H2,1H3. The second-order valence-electron chi connectivity index (χ2n) is 3.63. The van der Waals surface area contributed by atoms with Crippen molar-refractivity contribution in [3.05, 3.63) is 42.0 Å². The maximum atomic E-state index is 5.03. The van der Waals surface area contributed by atoms with Crippen LogP contribution in [0, 0.1) is 6.92 Å². The van der Waals surface area contributed by atoms with Crippen molar-refractivity contribution >= 4 is 5.69 Å². The average molecular weight is 217 g/mol. The van der Waals surface area contributed by atoms with E-state index in [1.165, 1.54) is 0 Å². The van der Waals surface area contributed by atoms with Crippen LogP contribution in [0.5, 0.6) is 0 Å². The second-order valence-corrected chi connectivity index (χ2v) is 3.63. The Morgan fingerprint density at radius 1 is 1.25 bits per heavy atom. The minimum atomic E-state index is 0.700. The largest absolute Gasteiger partial charge is 0.385 e. The molecule has 0 radical (unpaired) electrons. The van der Waals surface area contributed by atoms with Gasteiger partial charge in [0.15, 0.2) is 5.82 Å². The van der Waals surface area contributed by atoms with Crippen molar-refractivity contribution in [1.82, 2.24) is 10.1 Å². The molecule has 4 heteroatoms. The predicted octanol–water partition coefficient (Wildman–Crippen LogP) is 2.42. The molecule has 2 aromatic rings. The quantitative estimate of drug-likeness (QED) is 0.781. The van der Waals surface area contributed by atoms with Gasteiger partial charge in [0.05, 0.1) is 0 Å². The van der Waals surface area contributed by atoms with Gasteiger partial charge < -0.3 is 9.84 Å². The number of aryl methyl sites for hydroxylation is 2. The third-order valence-corrected chi connectivity index (χ3v) is 2.24. The van der Waals surface area contributed by atoms with Crippen LogP contribution in [-0.4, -0.2) is 16.7 Å². The van der Waals surface area contributed by atoms with Gasteiger partial charge in [-0.2, -0.15) is 4.98 Å². The summed E-state index contributed by atoms with van der Waals surface area (Å²) in [5.41, 5.74) is 1.14. The highest BCUT2D eigenvalue weighted by atomic mass is 16.5. The third-order valence-electron chi connectivity index (χ3n) is 2.24. The average Bonchev–Trinajstić information content (AvgIpc) is 2.72. The van der Waals surface area contributed by atoms with Gasteiger partial charge in [0.1, 0.15) is 0 Å². The van der Waals surface area contributed by atoms with Gasteiger partial charge in [0.25, 0.3) is 0 Å². The van der Waals surface area contributed by atoms with Crippen molar-refractivity contribution in [2.45, 2.75) is 19.8 Å². The molecular weight excluding hydrogens is 202 g/mol. The Morgan fingerprint density at radius 3 is 2.75 bits per heavy atom. The first-order valence-electron chi connectivity index (χ1n) is 5.43. The van der Waals surface area contributed by atoms with Crippen molar-refractivity contribution in [1.29, 1.82) is 0 Å². The Labute approximate surface area is 94.7 Å². The minimum Gasteiger partial charge on any atom is -0.385 e. The van der Waals surface area contributed by atoms with E-state index in [4.69, 9.17) is 4.52 Å². The minimum absolute atomic E-state index is 0.700. The maximum absolute atomic E-state index is 5.03. The van der Waals surface area contributed by atoms with Gasteiger partial charge in [-0.15, -0.1) is 0 Å². The van der Waals surface area contributed by atoms with Gasteiger partial charge >= 0.3 is 0 Å². The van der Waals surface area contributed by atoms with E-state index in [1.54, 1.807) is 0 Å². The van der Waals surface area contributed by atoms with E-state index in [0.717, 1.165) is 25.1 Å². The fourth-order valence-electron chi connectivity index (χ4n) is 1.47. The molecule has 1 N–H and O–H groups in total. The molecular formula is C12H15N3O. The number of nitrogens with zero attached hydrogens (tertiary/aromatic N) is 2. The summed E-state index contributed by atoms with van der Waals surface area (Å²) in [5.74, 6) is 1.42. The summed E-state index contributed by atoms with van der Waals surface area (Å²) in [7, 11) is 0. The monoisotopic (exact) mass is 217 g/mol. The molecule has 0 bridgehead atoms. The molecule has 0 saturated carbocycles.